The zero-order valence-corrected chi connectivity index (χ0v) is 14.6. The van der Waals surface area contributed by atoms with Crippen molar-refractivity contribution in [3.63, 3.8) is 0 Å². The van der Waals surface area contributed by atoms with Crippen LogP contribution < -0.4 is 5.32 Å². The highest BCUT2D eigenvalue weighted by Crippen LogP contribution is 2.21. The number of carbonyl (C=O) groups excluding carboxylic acids is 1. The summed E-state index contributed by atoms with van der Waals surface area (Å²) in [5, 5.41) is 2.91. The van der Waals surface area contributed by atoms with Gasteiger partial charge in [0.05, 0.1) is 12.1 Å². The minimum atomic E-state index is -0.0917. The van der Waals surface area contributed by atoms with Crippen LogP contribution in [-0.4, -0.2) is 20.9 Å². The molecule has 0 aliphatic rings. The van der Waals surface area contributed by atoms with Gasteiger partial charge in [-0.15, -0.1) is 0 Å². The molecule has 5 nitrogen and oxygen atoms in total. The predicted molar refractivity (Wildman–Crippen MR) is 96.5 cm³/mol. The predicted octanol–water partition coefficient (Wildman–Crippen LogP) is 3.79. The van der Waals surface area contributed by atoms with Crippen LogP contribution in [0.4, 0.5) is 5.69 Å². The molecule has 0 saturated heterocycles. The minimum Gasteiger partial charge on any atom is -0.326 e. The first-order chi connectivity index (χ1) is 11.6. The van der Waals surface area contributed by atoms with Crippen LogP contribution in [0.25, 0.3) is 11.3 Å². The maximum absolute atomic E-state index is 12.2. The van der Waals surface area contributed by atoms with Gasteiger partial charge in [0.1, 0.15) is 5.82 Å². The van der Waals surface area contributed by atoms with Crippen molar-refractivity contribution in [1.82, 2.24) is 15.0 Å². The second kappa shape index (κ2) is 7.31. The summed E-state index contributed by atoms with van der Waals surface area (Å²) in [7, 11) is 0. The first-order valence-electron chi connectivity index (χ1n) is 7.39. The van der Waals surface area contributed by atoms with E-state index in [4.69, 9.17) is 0 Å². The maximum atomic E-state index is 12.2. The summed E-state index contributed by atoms with van der Waals surface area (Å²) in [5.74, 6) is 0.620. The zero-order valence-electron chi connectivity index (χ0n) is 13.0. The van der Waals surface area contributed by atoms with Gasteiger partial charge in [0.25, 0.3) is 0 Å². The molecule has 0 saturated carbocycles. The van der Waals surface area contributed by atoms with E-state index in [0.717, 1.165) is 27.0 Å². The minimum absolute atomic E-state index is 0.0917. The lowest BCUT2D eigenvalue weighted by Gasteiger charge is -2.08. The molecule has 0 aliphatic carbocycles. The van der Waals surface area contributed by atoms with E-state index in [1.54, 1.807) is 18.6 Å². The number of rotatable bonds is 4. The molecule has 6 heteroatoms. The zero-order chi connectivity index (χ0) is 16.9. The lowest BCUT2D eigenvalue weighted by Crippen LogP contribution is -2.14. The fourth-order valence-electron chi connectivity index (χ4n) is 2.32. The number of nitrogens with one attached hydrogen (secondary N) is 1. The Balaban J connectivity index is 1.73. The Labute approximate surface area is 148 Å². The smallest absolute Gasteiger partial charge is 0.228 e. The maximum Gasteiger partial charge on any atom is 0.228 e. The molecule has 0 aliphatic heterocycles. The molecule has 1 amide bonds. The van der Waals surface area contributed by atoms with Gasteiger partial charge in [-0.1, -0.05) is 12.1 Å². The molecule has 3 rings (SSSR count). The normalized spacial score (nSPS) is 10.4. The number of hydrogen-bond acceptors (Lipinski definition) is 4. The molecule has 1 aromatic carbocycles. The Kier molecular flexibility index (Phi) is 4.96. The Morgan fingerprint density at radius 1 is 1.21 bits per heavy atom. The largest absolute Gasteiger partial charge is 0.326 e. The van der Waals surface area contributed by atoms with Crippen molar-refractivity contribution in [3.05, 3.63) is 70.8 Å². The highest BCUT2D eigenvalue weighted by atomic mass is 79.9. The van der Waals surface area contributed by atoms with Crippen LogP contribution in [0, 0.1) is 6.92 Å². The van der Waals surface area contributed by atoms with Gasteiger partial charge in [-0.05, 0) is 52.7 Å². The van der Waals surface area contributed by atoms with Gasteiger partial charge in [-0.2, -0.15) is 0 Å². The van der Waals surface area contributed by atoms with Crippen LogP contribution in [-0.2, 0) is 11.2 Å². The summed E-state index contributed by atoms with van der Waals surface area (Å²) in [5.41, 5.74) is 3.35. The number of nitrogens with zero attached hydrogens (tertiary/aromatic N) is 3. The van der Waals surface area contributed by atoms with Gasteiger partial charge in [0, 0.05) is 34.3 Å². The van der Waals surface area contributed by atoms with Crippen LogP contribution in [0.3, 0.4) is 0 Å². The van der Waals surface area contributed by atoms with Gasteiger partial charge in [-0.25, -0.2) is 9.97 Å². The number of anilines is 1. The third-order valence-corrected chi connectivity index (χ3v) is 3.78. The molecule has 1 N–H and O–H groups in total. The lowest BCUT2D eigenvalue weighted by atomic mass is 10.1. The van der Waals surface area contributed by atoms with E-state index in [-0.39, 0.29) is 12.3 Å². The van der Waals surface area contributed by atoms with Crippen molar-refractivity contribution in [3.8, 4) is 11.3 Å². The summed E-state index contributed by atoms with van der Waals surface area (Å²) in [6, 6.07) is 11.3. The molecule has 2 heterocycles. The van der Waals surface area contributed by atoms with E-state index in [2.05, 4.69) is 36.2 Å². The van der Waals surface area contributed by atoms with Crippen LogP contribution in [0.2, 0.25) is 0 Å². The van der Waals surface area contributed by atoms with Crippen molar-refractivity contribution in [2.75, 3.05) is 5.32 Å². The fraction of sp³-hybridized carbons (Fsp3) is 0.111. The van der Waals surface area contributed by atoms with Gasteiger partial charge >= 0.3 is 0 Å². The third-order valence-electron chi connectivity index (χ3n) is 3.34. The van der Waals surface area contributed by atoms with Crippen LogP contribution in [0.15, 0.2) is 59.5 Å². The lowest BCUT2D eigenvalue weighted by molar-refractivity contribution is -0.115. The van der Waals surface area contributed by atoms with Crippen molar-refractivity contribution in [2.45, 2.75) is 13.3 Å². The van der Waals surface area contributed by atoms with E-state index in [0.29, 0.717) is 5.82 Å². The molecule has 0 fully saturated rings. The quantitative estimate of drug-likeness (QED) is 0.745. The first-order valence-corrected chi connectivity index (χ1v) is 8.19. The van der Waals surface area contributed by atoms with Crippen molar-refractivity contribution >= 4 is 27.5 Å². The summed E-state index contributed by atoms with van der Waals surface area (Å²) in [6.07, 6.45) is 5.37. The van der Waals surface area contributed by atoms with E-state index in [1.165, 1.54) is 0 Å². The summed E-state index contributed by atoms with van der Waals surface area (Å²) in [6.45, 7) is 1.85. The van der Waals surface area contributed by atoms with Crippen LogP contribution in [0.1, 0.15) is 11.4 Å². The van der Waals surface area contributed by atoms with Crippen LogP contribution >= 0.6 is 15.9 Å². The Hall–Kier alpha value is -2.60. The van der Waals surface area contributed by atoms with Crippen LogP contribution in [0.5, 0.6) is 0 Å². The van der Waals surface area contributed by atoms with Gasteiger partial charge in [0.15, 0.2) is 0 Å². The van der Waals surface area contributed by atoms with Gasteiger partial charge in [0.2, 0.25) is 5.91 Å². The Morgan fingerprint density at radius 2 is 2.08 bits per heavy atom. The molecule has 0 spiro atoms. The van der Waals surface area contributed by atoms with E-state index < -0.39 is 0 Å². The van der Waals surface area contributed by atoms with Gasteiger partial charge in [-0.3, -0.25) is 9.78 Å². The highest BCUT2D eigenvalue weighted by molar-refractivity contribution is 9.10. The van der Waals surface area contributed by atoms with Crippen molar-refractivity contribution in [1.29, 1.82) is 0 Å². The fourth-order valence-corrected chi connectivity index (χ4v) is 2.73. The monoisotopic (exact) mass is 382 g/mol. The summed E-state index contributed by atoms with van der Waals surface area (Å²) >= 11 is 3.35. The molecule has 3 aromatic rings. The number of amides is 1. The number of carbonyl (C=O) groups is 1. The van der Waals surface area contributed by atoms with Crippen molar-refractivity contribution < 1.29 is 4.79 Å². The molecule has 120 valence electrons. The number of hydrogen-bond donors (Lipinski definition) is 1. The van der Waals surface area contributed by atoms with E-state index in [1.807, 2.05) is 43.3 Å². The molecular formula is C18H15BrN4O. The molecule has 0 bridgehead atoms. The van der Waals surface area contributed by atoms with E-state index in [9.17, 15) is 4.79 Å². The number of halogens is 1. The molecule has 0 unspecified atom stereocenters. The topological polar surface area (TPSA) is 67.8 Å². The Bertz CT molecular complexity index is 882. The molecule has 24 heavy (non-hydrogen) atoms. The Morgan fingerprint density at radius 3 is 2.88 bits per heavy atom. The molecule has 0 radical (unpaired) electrons. The summed E-state index contributed by atoms with van der Waals surface area (Å²) in [4.78, 5) is 24.8. The number of benzene rings is 1. The van der Waals surface area contributed by atoms with Crippen molar-refractivity contribution in [2.24, 2.45) is 0 Å². The average molecular weight is 383 g/mol. The number of aryl methyl sites for hydroxylation is 1. The molecule has 2 aromatic heterocycles. The third kappa shape index (κ3) is 4.23. The average Bonchev–Trinajstić information content (AvgIpc) is 2.55. The number of pyridine rings is 1. The van der Waals surface area contributed by atoms with E-state index >= 15 is 0 Å². The molecular weight excluding hydrogens is 368 g/mol. The SMILES string of the molecule is Cc1nccc(-c2cccc(NC(=O)Cc3cncc(Br)c3)c2)n1. The second-order valence-corrected chi connectivity index (χ2v) is 6.22. The highest BCUT2D eigenvalue weighted by Gasteiger charge is 2.07. The van der Waals surface area contributed by atoms with Gasteiger partial charge < -0.3 is 5.32 Å². The first kappa shape index (κ1) is 16.3. The molecule has 0 atom stereocenters. The summed E-state index contributed by atoms with van der Waals surface area (Å²) < 4.78 is 0.855. The second-order valence-electron chi connectivity index (χ2n) is 5.31. The standard InChI is InChI=1S/C18H15BrN4O/c1-12-21-6-5-17(22-12)14-3-2-4-16(9-14)23-18(24)8-13-7-15(19)11-20-10-13/h2-7,9-11H,8H2,1H3,(H,23,24). The number of aromatic nitrogens is 3.